The van der Waals surface area contributed by atoms with Crippen molar-refractivity contribution in [2.75, 3.05) is 5.75 Å². The van der Waals surface area contributed by atoms with Crippen LogP contribution in [0, 0.1) is 0 Å². The Morgan fingerprint density at radius 2 is 2.18 bits per heavy atom. The second-order valence-corrected chi connectivity index (χ2v) is 5.88. The highest BCUT2D eigenvalue weighted by molar-refractivity contribution is 7.99. The summed E-state index contributed by atoms with van der Waals surface area (Å²) in [6.45, 7) is 4.52. The first kappa shape index (κ1) is 16.6. The van der Waals surface area contributed by atoms with Gasteiger partial charge in [0, 0.05) is 6.54 Å². The van der Waals surface area contributed by atoms with Crippen molar-refractivity contribution in [3.8, 4) is 5.75 Å². The molecule has 1 aromatic carbocycles. The molecule has 0 aliphatic heterocycles. The summed E-state index contributed by atoms with van der Waals surface area (Å²) in [5.74, 6) is 1.04. The third kappa shape index (κ3) is 3.92. The fourth-order valence-corrected chi connectivity index (χ4v) is 2.85. The van der Waals surface area contributed by atoms with Gasteiger partial charge in [0.05, 0.1) is 10.8 Å². The number of nitrogens with zero attached hydrogens (tertiary/aromatic N) is 3. The topological polar surface area (TPSA) is 83.0 Å². The van der Waals surface area contributed by atoms with Gasteiger partial charge in [-0.15, -0.1) is 10.2 Å². The predicted octanol–water partition coefficient (Wildman–Crippen LogP) is 2.67. The molecule has 118 valence electrons. The molecular formula is C14H17ClN4O2S. The first-order chi connectivity index (χ1) is 10.5. The standard InChI is InChI=1S/C14H17ClN4O2S/c1-3-19-13(17-18-14(19)22-8-12(16)20)9(2)21-11-7-5-4-6-10(11)15/h4-7,9H,3,8H2,1-2H3,(H2,16,20)/t9-/m1/s1. The molecule has 1 amide bonds. The van der Waals surface area contributed by atoms with Gasteiger partial charge >= 0.3 is 0 Å². The van der Waals surface area contributed by atoms with Crippen LogP contribution >= 0.6 is 23.4 Å². The van der Waals surface area contributed by atoms with E-state index in [0.29, 0.717) is 28.3 Å². The number of carbonyl (C=O) groups is 1. The minimum absolute atomic E-state index is 0.165. The number of aromatic nitrogens is 3. The summed E-state index contributed by atoms with van der Waals surface area (Å²) in [6.07, 6.45) is -0.324. The van der Waals surface area contributed by atoms with Crippen LogP contribution in [0.1, 0.15) is 25.8 Å². The molecule has 0 fully saturated rings. The third-order valence-corrected chi connectivity index (χ3v) is 4.21. The smallest absolute Gasteiger partial charge is 0.227 e. The Morgan fingerprint density at radius 1 is 1.45 bits per heavy atom. The van der Waals surface area contributed by atoms with Crippen LogP contribution in [0.5, 0.6) is 5.75 Å². The number of amides is 1. The number of para-hydroxylation sites is 1. The molecular weight excluding hydrogens is 324 g/mol. The molecule has 22 heavy (non-hydrogen) atoms. The average molecular weight is 341 g/mol. The first-order valence-corrected chi connectivity index (χ1v) is 8.14. The predicted molar refractivity (Wildman–Crippen MR) is 86.1 cm³/mol. The van der Waals surface area contributed by atoms with Crippen LogP contribution in [0.15, 0.2) is 29.4 Å². The number of benzene rings is 1. The van der Waals surface area contributed by atoms with Crippen LogP contribution in [0.3, 0.4) is 0 Å². The molecule has 0 radical (unpaired) electrons. The molecule has 1 aromatic heterocycles. The molecule has 2 aromatic rings. The van der Waals surface area contributed by atoms with Crippen LogP contribution < -0.4 is 10.5 Å². The van der Waals surface area contributed by atoms with Gasteiger partial charge in [-0.1, -0.05) is 35.5 Å². The highest BCUT2D eigenvalue weighted by Gasteiger charge is 2.19. The summed E-state index contributed by atoms with van der Waals surface area (Å²) in [5.41, 5.74) is 5.16. The fraction of sp³-hybridized carbons (Fsp3) is 0.357. The maximum absolute atomic E-state index is 10.9. The summed E-state index contributed by atoms with van der Waals surface area (Å²) in [7, 11) is 0. The molecule has 0 unspecified atom stereocenters. The number of rotatable bonds is 7. The Morgan fingerprint density at radius 3 is 2.82 bits per heavy atom. The Bertz CT molecular complexity index is 662. The lowest BCUT2D eigenvalue weighted by molar-refractivity contribution is -0.115. The summed E-state index contributed by atoms with van der Waals surface area (Å²) in [5, 5.41) is 9.45. The molecule has 0 aliphatic carbocycles. The van der Waals surface area contributed by atoms with Gasteiger partial charge in [0.25, 0.3) is 0 Å². The summed E-state index contributed by atoms with van der Waals surface area (Å²) < 4.78 is 7.75. The van der Waals surface area contributed by atoms with Crippen LogP contribution in [0.2, 0.25) is 5.02 Å². The van der Waals surface area contributed by atoms with Crippen molar-refractivity contribution in [3.63, 3.8) is 0 Å². The number of ether oxygens (including phenoxy) is 1. The molecule has 0 spiro atoms. The van der Waals surface area contributed by atoms with Crippen molar-refractivity contribution >= 4 is 29.3 Å². The molecule has 1 atom stereocenters. The van der Waals surface area contributed by atoms with Crippen molar-refractivity contribution in [2.45, 2.75) is 31.7 Å². The second kappa shape index (κ2) is 7.51. The van der Waals surface area contributed by atoms with Gasteiger partial charge in [-0.25, -0.2) is 0 Å². The maximum atomic E-state index is 10.9. The van der Waals surface area contributed by atoms with E-state index in [2.05, 4.69) is 10.2 Å². The zero-order valence-corrected chi connectivity index (χ0v) is 13.9. The van der Waals surface area contributed by atoms with E-state index in [9.17, 15) is 4.79 Å². The minimum atomic E-state index is -0.391. The molecule has 0 saturated carbocycles. The lowest BCUT2D eigenvalue weighted by atomic mass is 10.3. The van der Waals surface area contributed by atoms with Crippen LogP contribution in [0.25, 0.3) is 0 Å². The number of hydrogen-bond donors (Lipinski definition) is 1. The third-order valence-electron chi connectivity index (χ3n) is 2.91. The van der Waals surface area contributed by atoms with Gasteiger partial charge in [-0.3, -0.25) is 4.79 Å². The van der Waals surface area contributed by atoms with Gasteiger partial charge in [0.2, 0.25) is 5.91 Å². The number of primary amides is 1. The molecule has 0 saturated heterocycles. The highest BCUT2D eigenvalue weighted by atomic mass is 35.5. The first-order valence-electron chi connectivity index (χ1n) is 6.78. The van der Waals surface area contributed by atoms with Gasteiger partial charge in [-0.2, -0.15) is 0 Å². The molecule has 2 rings (SSSR count). The monoisotopic (exact) mass is 340 g/mol. The number of hydrogen-bond acceptors (Lipinski definition) is 5. The molecule has 2 N–H and O–H groups in total. The van der Waals surface area contributed by atoms with Crippen molar-refractivity contribution < 1.29 is 9.53 Å². The minimum Gasteiger partial charge on any atom is -0.481 e. The zero-order chi connectivity index (χ0) is 16.1. The van der Waals surface area contributed by atoms with E-state index in [-0.39, 0.29) is 11.9 Å². The van der Waals surface area contributed by atoms with Crippen molar-refractivity contribution in [2.24, 2.45) is 5.73 Å². The van der Waals surface area contributed by atoms with Crippen molar-refractivity contribution in [3.05, 3.63) is 35.1 Å². The number of nitrogens with two attached hydrogens (primary N) is 1. The van der Waals surface area contributed by atoms with Gasteiger partial charge < -0.3 is 15.0 Å². The Labute approximate surface area is 138 Å². The van der Waals surface area contributed by atoms with E-state index >= 15 is 0 Å². The molecule has 6 nitrogen and oxygen atoms in total. The van der Waals surface area contributed by atoms with Crippen LogP contribution in [-0.2, 0) is 11.3 Å². The van der Waals surface area contributed by atoms with Gasteiger partial charge in [-0.05, 0) is 26.0 Å². The van der Waals surface area contributed by atoms with Crippen molar-refractivity contribution in [1.29, 1.82) is 0 Å². The summed E-state index contributed by atoms with van der Waals surface area (Å²) >= 11 is 7.36. The summed E-state index contributed by atoms with van der Waals surface area (Å²) in [6, 6.07) is 7.26. The molecule has 8 heteroatoms. The van der Waals surface area contributed by atoms with E-state index < -0.39 is 5.91 Å². The van der Waals surface area contributed by atoms with E-state index in [1.54, 1.807) is 12.1 Å². The Hall–Kier alpha value is -1.73. The summed E-state index contributed by atoms with van der Waals surface area (Å²) in [4.78, 5) is 10.9. The zero-order valence-electron chi connectivity index (χ0n) is 12.3. The quantitative estimate of drug-likeness (QED) is 0.783. The molecule has 1 heterocycles. The lowest BCUT2D eigenvalue weighted by Crippen LogP contribution is -2.15. The van der Waals surface area contributed by atoms with Crippen LogP contribution in [0.4, 0.5) is 0 Å². The molecule has 0 bridgehead atoms. The maximum Gasteiger partial charge on any atom is 0.227 e. The van der Waals surface area contributed by atoms with E-state index in [1.807, 2.05) is 30.5 Å². The number of carbonyl (C=O) groups excluding carboxylic acids is 1. The van der Waals surface area contributed by atoms with Gasteiger partial charge in [0.15, 0.2) is 17.1 Å². The van der Waals surface area contributed by atoms with E-state index in [0.717, 1.165) is 0 Å². The normalized spacial score (nSPS) is 12.1. The van der Waals surface area contributed by atoms with Gasteiger partial charge in [0.1, 0.15) is 5.75 Å². The average Bonchev–Trinajstić information content (AvgIpc) is 2.90. The largest absolute Gasteiger partial charge is 0.481 e. The SMILES string of the molecule is CCn1c(SCC(N)=O)nnc1[C@@H](C)Oc1ccccc1Cl. The van der Waals surface area contributed by atoms with E-state index in [4.69, 9.17) is 22.1 Å². The Kier molecular flexibility index (Phi) is 5.68. The highest BCUT2D eigenvalue weighted by Crippen LogP contribution is 2.29. The number of thioether (sulfide) groups is 1. The number of halogens is 1. The van der Waals surface area contributed by atoms with E-state index in [1.165, 1.54) is 11.8 Å². The fourth-order valence-electron chi connectivity index (χ4n) is 1.92. The second-order valence-electron chi connectivity index (χ2n) is 4.53. The van der Waals surface area contributed by atoms with Crippen LogP contribution in [-0.4, -0.2) is 26.4 Å². The molecule has 0 aliphatic rings. The Balaban J connectivity index is 2.17. The van der Waals surface area contributed by atoms with Crippen molar-refractivity contribution in [1.82, 2.24) is 14.8 Å². The lowest BCUT2D eigenvalue weighted by Gasteiger charge is -2.16.